The molecular weight excluding hydrogens is 338 g/mol. The van der Waals surface area contributed by atoms with Gasteiger partial charge in [-0.3, -0.25) is 0 Å². The fraction of sp³-hybridized carbons (Fsp3) is 0.111. The van der Waals surface area contributed by atoms with Crippen LogP contribution in [-0.2, 0) is 0 Å². The Balaban J connectivity index is 1.67. The molecule has 130 valence electrons. The molecule has 8 heteroatoms. The third-order valence-electron chi connectivity index (χ3n) is 4.06. The van der Waals surface area contributed by atoms with Gasteiger partial charge in [-0.25, -0.2) is 28.7 Å². The molecule has 4 rings (SSSR count). The van der Waals surface area contributed by atoms with E-state index in [4.69, 9.17) is 0 Å². The Morgan fingerprint density at radius 3 is 2.69 bits per heavy atom. The van der Waals surface area contributed by atoms with Crippen molar-refractivity contribution in [2.75, 3.05) is 5.32 Å². The van der Waals surface area contributed by atoms with E-state index in [-0.39, 0.29) is 17.7 Å². The number of nitrogens with zero attached hydrogens (tertiary/aromatic N) is 4. The van der Waals surface area contributed by atoms with Gasteiger partial charge in [0.05, 0.1) is 12.2 Å². The first kappa shape index (κ1) is 16.1. The first-order valence-corrected chi connectivity index (χ1v) is 7.94. The molecular formula is C18H14F2N6. The van der Waals surface area contributed by atoms with E-state index in [1.165, 1.54) is 18.5 Å². The molecule has 0 fully saturated rings. The highest BCUT2D eigenvalue weighted by atomic mass is 19.1. The largest absolute Gasteiger partial charge is 0.361 e. The number of rotatable bonds is 4. The first-order chi connectivity index (χ1) is 12.6. The minimum absolute atomic E-state index is 0.0676. The number of aromatic amines is 1. The predicted octanol–water partition coefficient (Wildman–Crippen LogP) is 3.87. The Hall–Kier alpha value is -3.42. The Bertz CT molecular complexity index is 1060. The van der Waals surface area contributed by atoms with Crippen molar-refractivity contribution in [3.05, 3.63) is 66.4 Å². The van der Waals surface area contributed by atoms with Crippen LogP contribution >= 0.6 is 0 Å². The molecule has 0 amide bonds. The lowest BCUT2D eigenvalue weighted by Crippen LogP contribution is -2.10. The van der Waals surface area contributed by atoms with Crippen molar-refractivity contribution >= 4 is 16.9 Å². The predicted molar refractivity (Wildman–Crippen MR) is 93.3 cm³/mol. The van der Waals surface area contributed by atoms with Crippen LogP contribution in [0.4, 0.5) is 14.6 Å². The van der Waals surface area contributed by atoms with Gasteiger partial charge in [0, 0.05) is 23.3 Å². The number of benzene rings is 1. The molecule has 1 aromatic carbocycles. The van der Waals surface area contributed by atoms with Crippen molar-refractivity contribution in [2.24, 2.45) is 0 Å². The number of hydrogen-bond acceptors (Lipinski definition) is 5. The number of anilines is 1. The Labute approximate surface area is 147 Å². The van der Waals surface area contributed by atoms with E-state index in [2.05, 4.69) is 30.2 Å². The second-order valence-electron chi connectivity index (χ2n) is 5.80. The standard InChI is InChI=1S/C18H14F2N6/c1-10(11-2-4-12(19)5-3-11)25-18-15(20)8-23-17(26-18)14-7-22-16-13(14)6-21-9-24-16/h2-10H,1H3,(H,21,22,24)(H,23,25,26)/t10-/m1/s1. The maximum Gasteiger partial charge on any atom is 0.183 e. The molecule has 1 atom stereocenters. The molecule has 0 saturated carbocycles. The molecule has 0 aliphatic heterocycles. The topological polar surface area (TPSA) is 79.4 Å². The van der Waals surface area contributed by atoms with E-state index in [1.54, 1.807) is 24.5 Å². The molecule has 0 radical (unpaired) electrons. The van der Waals surface area contributed by atoms with Crippen LogP contribution in [0.25, 0.3) is 22.4 Å². The Morgan fingerprint density at radius 1 is 1.08 bits per heavy atom. The quantitative estimate of drug-likeness (QED) is 0.583. The summed E-state index contributed by atoms with van der Waals surface area (Å²) in [6.07, 6.45) is 5.91. The average Bonchev–Trinajstić information content (AvgIpc) is 3.08. The molecule has 6 nitrogen and oxygen atoms in total. The van der Waals surface area contributed by atoms with Crippen LogP contribution in [-0.4, -0.2) is 24.9 Å². The zero-order valence-electron chi connectivity index (χ0n) is 13.7. The van der Waals surface area contributed by atoms with E-state index in [9.17, 15) is 8.78 Å². The lowest BCUT2D eigenvalue weighted by atomic mass is 10.1. The summed E-state index contributed by atoms with van der Waals surface area (Å²) in [5.41, 5.74) is 2.14. The van der Waals surface area contributed by atoms with Crippen molar-refractivity contribution in [1.29, 1.82) is 0 Å². The summed E-state index contributed by atoms with van der Waals surface area (Å²) in [5, 5.41) is 3.75. The smallest absolute Gasteiger partial charge is 0.183 e. The summed E-state index contributed by atoms with van der Waals surface area (Å²) in [6.45, 7) is 1.84. The highest BCUT2D eigenvalue weighted by Crippen LogP contribution is 2.27. The van der Waals surface area contributed by atoms with E-state index in [1.807, 2.05) is 6.92 Å². The van der Waals surface area contributed by atoms with Crippen LogP contribution in [0.15, 0.2) is 49.2 Å². The van der Waals surface area contributed by atoms with Gasteiger partial charge in [-0.05, 0) is 24.6 Å². The number of hydrogen-bond donors (Lipinski definition) is 2. The Morgan fingerprint density at radius 2 is 1.88 bits per heavy atom. The molecule has 0 unspecified atom stereocenters. The molecule has 0 saturated heterocycles. The zero-order chi connectivity index (χ0) is 18.1. The fourth-order valence-corrected chi connectivity index (χ4v) is 2.68. The highest BCUT2D eigenvalue weighted by molar-refractivity contribution is 5.90. The summed E-state index contributed by atoms with van der Waals surface area (Å²) >= 11 is 0. The van der Waals surface area contributed by atoms with Crippen molar-refractivity contribution < 1.29 is 8.78 Å². The van der Waals surface area contributed by atoms with Crippen molar-refractivity contribution in [3.8, 4) is 11.4 Å². The van der Waals surface area contributed by atoms with Crippen LogP contribution in [0, 0.1) is 11.6 Å². The lowest BCUT2D eigenvalue weighted by molar-refractivity contribution is 0.613. The number of fused-ring (bicyclic) bond motifs is 1. The highest BCUT2D eigenvalue weighted by Gasteiger charge is 2.15. The van der Waals surface area contributed by atoms with Crippen molar-refractivity contribution in [1.82, 2.24) is 24.9 Å². The van der Waals surface area contributed by atoms with Gasteiger partial charge < -0.3 is 10.3 Å². The van der Waals surface area contributed by atoms with Gasteiger partial charge in [0.25, 0.3) is 0 Å². The minimum atomic E-state index is -0.571. The molecule has 0 aliphatic carbocycles. The average molecular weight is 352 g/mol. The number of H-pyrrole nitrogens is 1. The second-order valence-corrected chi connectivity index (χ2v) is 5.80. The van der Waals surface area contributed by atoms with E-state index in [0.29, 0.717) is 17.0 Å². The zero-order valence-corrected chi connectivity index (χ0v) is 13.7. The molecule has 0 bridgehead atoms. The van der Waals surface area contributed by atoms with Crippen LogP contribution in [0.1, 0.15) is 18.5 Å². The summed E-state index contributed by atoms with van der Waals surface area (Å²) in [6, 6.07) is 5.75. The van der Waals surface area contributed by atoms with Gasteiger partial charge in [0.2, 0.25) is 0 Å². The van der Waals surface area contributed by atoms with E-state index in [0.717, 1.165) is 17.1 Å². The number of halogens is 2. The summed E-state index contributed by atoms with van der Waals surface area (Å²) < 4.78 is 27.2. The molecule has 4 aromatic rings. The van der Waals surface area contributed by atoms with Crippen LogP contribution in [0.5, 0.6) is 0 Å². The van der Waals surface area contributed by atoms with E-state index >= 15 is 0 Å². The number of nitrogens with one attached hydrogen (secondary N) is 2. The second kappa shape index (κ2) is 6.47. The normalized spacial score (nSPS) is 12.3. The maximum atomic E-state index is 14.2. The van der Waals surface area contributed by atoms with Gasteiger partial charge >= 0.3 is 0 Å². The summed E-state index contributed by atoms with van der Waals surface area (Å²) in [4.78, 5) is 19.5. The molecule has 26 heavy (non-hydrogen) atoms. The first-order valence-electron chi connectivity index (χ1n) is 7.94. The minimum Gasteiger partial charge on any atom is -0.361 e. The Kier molecular flexibility index (Phi) is 4.00. The lowest BCUT2D eigenvalue weighted by Gasteiger charge is -2.15. The van der Waals surface area contributed by atoms with Gasteiger partial charge in [0.15, 0.2) is 17.5 Å². The molecule has 3 aromatic heterocycles. The fourth-order valence-electron chi connectivity index (χ4n) is 2.68. The van der Waals surface area contributed by atoms with Crippen molar-refractivity contribution in [2.45, 2.75) is 13.0 Å². The third kappa shape index (κ3) is 2.97. The van der Waals surface area contributed by atoms with Crippen molar-refractivity contribution in [3.63, 3.8) is 0 Å². The van der Waals surface area contributed by atoms with Crippen LogP contribution in [0.2, 0.25) is 0 Å². The monoisotopic (exact) mass is 352 g/mol. The molecule has 3 heterocycles. The van der Waals surface area contributed by atoms with Crippen LogP contribution in [0.3, 0.4) is 0 Å². The maximum absolute atomic E-state index is 14.2. The molecule has 0 spiro atoms. The third-order valence-corrected chi connectivity index (χ3v) is 4.06. The molecule has 0 aliphatic rings. The van der Waals surface area contributed by atoms with Gasteiger partial charge in [0.1, 0.15) is 17.8 Å². The van der Waals surface area contributed by atoms with Gasteiger partial charge in [-0.2, -0.15) is 0 Å². The van der Waals surface area contributed by atoms with E-state index < -0.39 is 5.82 Å². The molecule has 2 N–H and O–H groups in total. The SMILES string of the molecule is C[C@@H](Nc1nc(-c2c[nH]c3ncncc23)ncc1F)c1ccc(F)cc1. The van der Waals surface area contributed by atoms with Gasteiger partial charge in [-0.1, -0.05) is 12.1 Å². The summed E-state index contributed by atoms with van der Waals surface area (Å²) in [5.74, 6) is -0.476. The van der Waals surface area contributed by atoms with Gasteiger partial charge in [-0.15, -0.1) is 0 Å². The summed E-state index contributed by atoms with van der Waals surface area (Å²) in [7, 11) is 0. The number of aromatic nitrogens is 5. The van der Waals surface area contributed by atoms with Crippen LogP contribution < -0.4 is 5.32 Å².